The summed E-state index contributed by atoms with van der Waals surface area (Å²) in [5.41, 5.74) is 6.79. The topological polar surface area (TPSA) is 48.1 Å². The molecule has 1 atom stereocenters. The van der Waals surface area contributed by atoms with Crippen LogP contribution in [-0.4, -0.2) is 16.1 Å². The molecule has 2 N–H and O–H groups in total. The zero-order chi connectivity index (χ0) is 14.3. The monoisotopic (exact) mass is 322 g/mol. The molecule has 1 unspecified atom stereocenters. The number of hydrogen-bond acceptors (Lipinski definition) is 5. The van der Waals surface area contributed by atoms with Crippen LogP contribution in [0.25, 0.3) is 20.3 Å². The molecule has 20 heavy (non-hydrogen) atoms. The Kier molecular flexibility index (Phi) is 3.62. The lowest BCUT2D eigenvalue weighted by atomic mass is 10.2. The Labute approximate surface area is 130 Å². The smallest absolute Gasteiger partial charge is 0.148 e. The van der Waals surface area contributed by atoms with Gasteiger partial charge in [0.2, 0.25) is 0 Å². The van der Waals surface area contributed by atoms with Crippen molar-refractivity contribution < 1.29 is 4.74 Å². The van der Waals surface area contributed by atoms with Crippen LogP contribution in [0.15, 0.2) is 17.5 Å². The molecule has 0 saturated carbocycles. The summed E-state index contributed by atoms with van der Waals surface area (Å²) in [6, 6.07) is 4.12. The number of benzene rings is 1. The van der Waals surface area contributed by atoms with Gasteiger partial charge in [-0.3, -0.25) is 0 Å². The molecule has 0 spiro atoms. The van der Waals surface area contributed by atoms with E-state index in [1.807, 2.05) is 13.8 Å². The van der Waals surface area contributed by atoms with E-state index >= 15 is 0 Å². The van der Waals surface area contributed by atoms with Crippen molar-refractivity contribution in [2.24, 2.45) is 5.73 Å². The largest absolute Gasteiger partial charge is 0.483 e. The first-order valence-corrected chi connectivity index (χ1v) is 8.44. The van der Waals surface area contributed by atoms with E-state index in [1.165, 1.54) is 4.70 Å². The van der Waals surface area contributed by atoms with Crippen LogP contribution < -0.4 is 10.5 Å². The van der Waals surface area contributed by atoms with Gasteiger partial charge in [-0.1, -0.05) is 19.1 Å². The van der Waals surface area contributed by atoms with Crippen molar-refractivity contribution in [3.63, 3.8) is 0 Å². The molecular weight excluding hydrogens is 308 g/mol. The lowest BCUT2D eigenvalue weighted by Crippen LogP contribution is -2.31. The summed E-state index contributed by atoms with van der Waals surface area (Å²) in [6.07, 6.45) is 0.542. The number of thiocarbonyl (C=S) groups is 1. The Balaban J connectivity index is 2.17. The van der Waals surface area contributed by atoms with Crippen LogP contribution in [0.4, 0.5) is 0 Å². The molecule has 0 aliphatic rings. The molecule has 0 aliphatic heterocycles. The number of hydrogen-bond donors (Lipinski definition) is 1. The van der Waals surface area contributed by atoms with E-state index in [-0.39, 0.29) is 6.10 Å². The number of nitrogens with two attached hydrogens (primary N) is 1. The molecule has 2 aromatic heterocycles. The van der Waals surface area contributed by atoms with Crippen LogP contribution in [0, 0.1) is 6.92 Å². The fourth-order valence-corrected chi connectivity index (χ4v) is 4.23. The summed E-state index contributed by atoms with van der Waals surface area (Å²) < 4.78 is 8.34. The Bertz CT molecular complexity index is 790. The van der Waals surface area contributed by atoms with Gasteiger partial charge in [0, 0.05) is 11.5 Å². The van der Waals surface area contributed by atoms with Crippen molar-refractivity contribution in [1.29, 1.82) is 0 Å². The van der Waals surface area contributed by atoms with Crippen LogP contribution >= 0.6 is 34.9 Å². The van der Waals surface area contributed by atoms with Crippen LogP contribution in [-0.2, 0) is 0 Å². The second-order valence-corrected chi connectivity index (χ2v) is 7.16. The average Bonchev–Trinajstić information content (AvgIpc) is 3.00. The quantitative estimate of drug-likeness (QED) is 0.729. The lowest BCUT2D eigenvalue weighted by molar-refractivity contribution is 0.267. The average molecular weight is 322 g/mol. The number of rotatable bonds is 4. The predicted octanol–water partition coefficient (Wildman–Crippen LogP) is 4.26. The highest BCUT2D eigenvalue weighted by atomic mass is 32.1. The number of thiophene rings is 1. The molecular formula is C14H14N2OS3. The number of aryl methyl sites for hydroxylation is 1. The first-order valence-electron chi connectivity index (χ1n) is 6.33. The lowest BCUT2D eigenvalue weighted by Gasteiger charge is -2.16. The predicted molar refractivity (Wildman–Crippen MR) is 91.2 cm³/mol. The summed E-state index contributed by atoms with van der Waals surface area (Å²) in [5.74, 6) is 0.844. The molecule has 0 radical (unpaired) electrons. The zero-order valence-corrected chi connectivity index (χ0v) is 13.6. The van der Waals surface area contributed by atoms with E-state index in [4.69, 9.17) is 22.7 Å². The van der Waals surface area contributed by atoms with Gasteiger partial charge in [0.1, 0.15) is 16.8 Å². The van der Waals surface area contributed by atoms with E-state index in [0.29, 0.717) is 4.99 Å². The van der Waals surface area contributed by atoms with Gasteiger partial charge in [-0.05, 0) is 24.8 Å². The highest BCUT2D eigenvalue weighted by Gasteiger charge is 2.17. The summed E-state index contributed by atoms with van der Waals surface area (Å²) >= 11 is 8.43. The number of ether oxygens (including phenoxy) is 1. The van der Waals surface area contributed by atoms with E-state index in [1.54, 1.807) is 22.7 Å². The maximum absolute atomic E-state index is 6.03. The van der Waals surface area contributed by atoms with Gasteiger partial charge in [0.05, 0.1) is 19.9 Å². The van der Waals surface area contributed by atoms with E-state index in [0.717, 1.165) is 32.8 Å². The molecule has 6 heteroatoms. The molecule has 0 saturated heterocycles. The van der Waals surface area contributed by atoms with Crippen LogP contribution in [0.3, 0.4) is 0 Å². The second kappa shape index (κ2) is 5.27. The number of nitrogens with zero attached hydrogens (tertiary/aromatic N) is 1. The van der Waals surface area contributed by atoms with Crippen LogP contribution in [0.2, 0.25) is 0 Å². The zero-order valence-electron chi connectivity index (χ0n) is 11.2. The van der Waals surface area contributed by atoms with Gasteiger partial charge in [0.15, 0.2) is 0 Å². The van der Waals surface area contributed by atoms with Crippen molar-refractivity contribution in [2.45, 2.75) is 26.4 Å². The van der Waals surface area contributed by atoms with Crippen molar-refractivity contribution in [2.75, 3.05) is 0 Å². The maximum atomic E-state index is 6.03. The third kappa shape index (κ3) is 2.28. The molecule has 0 bridgehead atoms. The minimum absolute atomic E-state index is 0.223. The van der Waals surface area contributed by atoms with Crippen molar-refractivity contribution in [1.82, 2.24) is 4.98 Å². The van der Waals surface area contributed by atoms with Gasteiger partial charge >= 0.3 is 0 Å². The van der Waals surface area contributed by atoms with Gasteiger partial charge < -0.3 is 10.5 Å². The fourth-order valence-electron chi connectivity index (χ4n) is 2.18. The van der Waals surface area contributed by atoms with Gasteiger partial charge in [-0.2, -0.15) is 0 Å². The Morgan fingerprint density at radius 3 is 3.05 bits per heavy atom. The fraction of sp³-hybridized carbons (Fsp3) is 0.286. The molecule has 1 aromatic carbocycles. The molecule has 2 heterocycles. The van der Waals surface area contributed by atoms with Crippen LogP contribution in [0.5, 0.6) is 5.75 Å². The van der Waals surface area contributed by atoms with E-state index in [9.17, 15) is 0 Å². The maximum Gasteiger partial charge on any atom is 0.148 e. The minimum atomic E-state index is -0.223. The summed E-state index contributed by atoms with van der Waals surface area (Å²) in [7, 11) is 0. The highest BCUT2D eigenvalue weighted by Crippen LogP contribution is 2.39. The Hall–Kier alpha value is -1.24. The molecule has 104 valence electrons. The standard InChI is InChI=1S/C14H14N2OS3/c1-3-9(14(15)18)17-10-6-11-12(16-7(2)20-11)13-8(10)4-5-19-13/h4-6,9H,3H2,1-2H3,(H2,15,18). The summed E-state index contributed by atoms with van der Waals surface area (Å²) in [5, 5.41) is 4.21. The summed E-state index contributed by atoms with van der Waals surface area (Å²) in [4.78, 5) is 5.01. The first kappa shape index (κ1) is 13.7. The SMILES string of the molecule is CCC(Oc1cc2sc(C)nc2c2sccc12)C(N)=S. The first-order chi connectivity index (χ1) is 9.60. The third-order valence-corrected chi connectivity index (χ3v) is 5.23. The summed E-state index contributed by atoms with van der Waals surface area (Å²) in [6.45, 7) is 4.04. The molecule has 0 fully saturated rings. The molecule has 0 amide bonds. The minimum Gasteiger partial charge on any atom is -0.483 e. The Morgan fingerprint density at radius 1 is 1.55 bits per heavy atom. The normalized spacial score (nSPS) is 12.9. The van der Waals surface area contributed by atoms with E-state index < -0.39 is 0 Å². The third-order valence-electron chi connectivity index (χ3n) is 3.13. The van der Waals surface area contributed by atoms with Crippen molar-refractivity contribution >= 4 is 60.2 Å². The Morgan fingerprint density at radius 2 is 2.35 bits per heavy atom. The molecule has 0 aliphatic carbocycles. The van der Waals surface area contributed by atoms with Gasteiger partial charge in [-0.15, -0.1) is 22.7 Å². The van der Waals surface area contributed by atoms with Gasteiger partial charge in [0.25, 0.3) is 0 Å². The molecule has 3 nitrogen and oxygen atoms in total. The number of aromatic nitrogens is 1. The number of thiazole rings is 1. The second-order valence-electron chi connectivity index (χ2n) is 4.53. The highest BCUT2D eigenvalue weighted by molar-refractivity contribution is 7.80. The van der Waals surface area contributed by atoms with Crippen LogP contribution in [0.1, 0.15) is 18.4 Å². The number of fused-ring (bicyclic) bond motifs is 3. The van der Waals surface area contributed by atoms with E-state index in [2.05, 4.69) is 22.5 Å². The molecule has 3 aromatic rings. The molecule has 3 rings (SSSR count). The van der Waals surface area contributed by atoms with Crippen molar-refractivity contribution in [3.8, 4) is 5.75 Å². The van der Waals surface area contributed by atoms with Crippen molar-refractivity contribution in [3.05, 3.63) is 22.5 Å². The van der Waals surface area contributed by atoms with Gasteiger partial charge in [-0.25, -0.2) is 4.98 Å².